The van der Waals surface area contributed by atoms with Gasteiger partial charge in [-0.15, -0.1) is 0 Å². The van der Waals surface area contributed by atoms with E-state index >= 15 is 0 Å². The quantitative estimate of drug-likeness (QED) is 0.936. The molecule has 1 aromatic carbocycles. The topological polar surface area (TPSA) is 52.0 Å². The zero-order chi connectivity index (χ0) is 15.2. The third-order valence-corrected chi connectivity index (χ3v) is 4.05. The maximum absolute atomic E-state index is 8.78. The van der Waals surface area contributed by atoms with Crippen LogP contribution >= 0.6 is 0 Å². The third kappa shape index (κ3) is 3.37. The van der Waals surface area contributed by atoms with Gasteiger partial charge in [0.25, 0.3) is 0 Å². The second-order valence-electron chi connectivity index (χ2n) is 5.57. The van der Waals surface area contributed by atoms with Gasteiger partial charge in [-0.25, -0.2) is 4.98 Å². The molecule has 0 aliphatic carbocycles. The average molecular weight is 292 g/mol. The van der Waals surface area contributed by atoms with Crippen molar-refractivity contribution in [3.8, 4) is 6.07 Å². The van der Waals surface area contributed by atoms with Gasteiger partial charge in [-0.3, -0.25) is 0 Å². The van der Waals surface area contributed by atoms with Crippen molar-refractivity contribution in [2.24, 2.45) is 0 Å². The van der Waals surface area contributed by atoms with Crippen LogP contribution in [0.15, 0.2) is 42.6 Å². The van der Waals surface area contributed by atoms with Crippen molar-refractivity contribution < 1.29 is 0 Å². The van der Waals surface area contributed by atoms with Gasteiger partial charge < -0.3 is 10.2 Å². The summed E-state index contributed by atoms with van der Waals surface area (Å²) in [4.78, 5) is 6.57. The fourth-order valence-electron chi connectivity index (χ4n) is 2.87. The van der Waals surface area contributed by atoms with Crippen molar-refractivity contribution in [2.45, 2.75) is 25.8 Å². The molecule has 4 heteroatoms. The smallest absolute Gasteiger partial charge is 0.140 e. The molecule has 1 aromatic heterocycles. The molecule has 1 fully saturated rings. The van der Waals surface area contributed by atoms with E-state index in [4.69, 9.17) is 5.26 Å². The highest BCUT2D eigenvalue weighted by atomic mass is 15.1. The molecule has 1 aliphatic heterocycles. The van der Waals surface area contributed by atoms with Crippen LogP contribution < -0.4 is 10.2 Å². The largest absolute Gasteiger partial charge is 0.380 e. The third-order valence-electron chi connectivity index (χ3n) is 4.05. The lowest BCUT2D eigenvalue weighted by Gasteiger charge is -2.30. The molecule has 2 heterocycles. The first-order valence-corrected chi connectivity index (χ1v) is 7.80. The van der Waals surface area contributed by atoms with E-state index < -0.39 is 0 Å². The Hall–Kier alpha value is -2.54. The summed E-state index contributed by atoms with van der Waals surface area (Å²) in [6.07, 6.45) is 5.61. The van der Waals surface area contributed by atoms with Gasteiger partial charge in [0.2, 0.25) is 0 Å². The molecular formula is C18H20N4. The standard InChI is InChI=1S/C18H20N4/c19-12-16-8-9-17(14-21-16)20-13-15-6-2-3-7-18(15)22-10-4-1-5-11-22/h2-3,6-9,14,20H,1,4-5,10-11,13H2. The fourth-order valence-corrected chi connectivity index (χ4v) is 2.87. The molecule has 0 unspecified atom stereocenters. The lowest BCUT2D eigenvalue weighted by molar-refractivity contribution is 0.576. The predicted molar refractivity (Wildman–Crippen MR) is 88.8 cm³/mol. The molecule has 112 valence electrons. The van der Waals surface area contributed by atoms with Crippen molar-refractivity contribution in [1.29, 1.82) is 5.26 Å². The number of rotatable bonds is 4. The Kier molecular flexibility index (Phi) is 4.55. The van der Waals surface area contributed by atoms with E-state index in [1.165, 1.54) is 30.5 Å². The summed E-state index contributed by atoms with van der Waals surface area (Å²) < 4.78 is 0. The Morgan fingerprint density at radius 3 is 2.64 bits per heavy atom. The number of hydrogen-bond donors (Lipinski definition) is 1. The molecule has 2 aromatic rings. The van der Waals surface area contributed by atoms with Gasteiger partial charge >= 0.3 is 0 Å². The highest BCUT2D eigenvalue weighted by Gasteiger charge is 2.13. The summed E-state index contributed by atoms with van der Waals surface area (Å²) in [6.45, 7) is 3.06. The zero-order valence-electron chi connectivity index (χ0n) is 12.6. The Balaban J connectivity index is 1.70. The highest BCUT2D eigenvalue weighted by Crippen LogP contribution is 2.24. The molecule has 4 nitrogen and oxygen atoms in total. The van der Waals surface area contributed by atoms with E-state index in [1.807, 2.05) is 12.1 Å². The van der Waals surface area contributed by atoms with E-state index in [0.717, 1.165) is 25.3 Å². The Morgan fingerprint density at radius 1 is 1.09 bits per heavy atom. The minimum Gasteiger partial charge on any atom is -0.380 e. The lowest BCUT2D eigenvalue weighted by atomic mass is 10.1. The van der Waals surface area contributed by atoms with Gasteiger partial charge in [-0.2, -0.15) is 5.26 Å². The number of piperidine rings is 1. The van der Waals surface area contributed by atoms with E-state index in [2.05, 4.69) is 39.5 Å². The molecule has 1 saturated heterocycles. The number of benzene rings is 1. The normalized spacial score (nSPS) is 14.4. The monoisotopic (exact) mass is 292 g/mol. The van der Waals surface area contributed by atoms with Crippen molar-refractivity contribution in [3.63, 3.8) is 0 Å². The molecule has 22 heavy (non-hydrogen) atoms. The summed E-state index contributed by atoms with van der Waals surface area (Å²) in [7, 11) is 0. The molecule has 0 amide bonds. The number of nitrogens with zero attached hydrogens (tertiary/aromatic N) is 3. The Bertz CT molecular complexity index is 652. The molecule has 0 bridgehead atoms. The second kappa shape index (κ2) is 6.95. The Labute approximate surface area is 131 Å². The SMILES string of the molecule is N#Cc1ccc(NCc2ccccc2N2CCCCC2)cn1. The molecule has 1 N–H and O–H groups in total. The highest BCUT2D eigenvalue weighted by molar-refractivity contribution is 5.55. The summed E-state index contributed by atoms with van der Waals surface area (Å²) in [5, 5.41) is 12.2. The van der Waals surface area contributed by atoms with Crippen molar-refractivity contribution >= 4 is 11.4 Å². The minimum atomic E-state index is 0.444. The van der Waals surface area contributed by atoms with Crippen LogP contribution in [0.5, 0.6) is 0 Å². The first kappa shape index (κ1) is 14.4. The van der Waals surface area contributed by atoms with Gasteiger partial charge in [-0.1, -0.05) is 18.2 Å². The fraction of sp³-hybridized carbons (Fsp3) is 0.333. The van der Waals surface area contributed by atoms with E-state index in [-0.39, 0.29) is 0 Å². The van der Waals surface area contributed by atoms with Gasteiger partial charge in [0.05, 0.1) is 11.9 Å². The minimum absolute atomic E-state index is 0.444. The number of hydrogen-bond acceptors (Lipinski definition) is 4. The van der Waals surface area contributed by atoms with Crippen molar-refractivity contribution in [2.75, 3.05) is 23.3 Å². The maximum atomic E-state index is 8.78. The number of aromatic nitrogens is 1. The number of pyridine rings is 1. The van der Waals surface area contributed by atoms with E-state index in [0.29, 0.717) is 5.69 Å². The summed E-state index contributed by atoms with van der Waals surface area (Å²) in [6, 6.07) is 14.2. The van der Waals surface area contributed by atoms with Crippen LogP contribution in [0.2, 0.25) is 0 Å². The maximum Gasteiger partial charge on any atom is 0.140 e. The predicted octanol–water partition coefficient (Wildman–Crippen LogP) is 3.56. The number of nitrogens with one attached hydrogen (secondary N) is 1. The van der Waals surface area contributed by atoms with Crippen molar-refractivity contribution in [1.82, 2.24) is 4.98 Å². The van der Waals surface area contributed by atoms with Crippen LogP contribution in [0, 0.1) is 11.3 Å². The number of para-hydroxylation sites is 1. The first-order chi connectivity index (χ1) is 10.9. The molecule has 0 spiro atoms. The molecule has 0 atom stereocenters. The van der Waals surface area contributed by atoms with Gasteiger partial charge in [0.1, 0.15) is 11.8 Å². The van der Waals surface area contributed by atoms with E-state index in [1.54, 1.807) is 12.3 Å². The van der Waals surface area contributed by atoms with E-state index in [9.17, 15) is 0 Å². The van der Waals surface area contributed by atoms with Gasteiger partial charge in [0.15, 0.2) is 0 Å². The van der Waals surface area contributed by atoms with Gasteiger partial charge in [0, 0.05) is 25.3 Å². The van der Waals surface area contributed by atoms with Crippen LogP contribution in [0.1, 0.15) is 30.5 Å². The lowest BCUT2D eigenvalue weighted by Crippen LogP contribution is -2.30. The number of nitriles is 1. The Morgan fingerprint density at radius 2 is 1.91 bits per heavy atom. The number of anilines is 2. The summed E-state index contributed by atoms with van der Waals surface area (Å²) in [5.74, 6) is 0. The van der Waals surface area contributed by atoms with Crippen LogP contribution in [-0.2, 0) is 6.54 Å². The second-order valence-corrected chi connectivity index (χ2v) is 5.57. The van der Waals surface area contributed by atoms with Crippen molar-refractivity contribution in [3.05, 3.63) is 53.9 Å². The molecule has 0 saturated carbocycles. The molecule has 1 aliphatic rings. The van der Waals surface area contributed by atoms with Crippen LogP contribution in [0.25, 0.3) is 0 Å². The molecule has 0 radical (unpaired) electrons. The zero-order valence-corrected chi connectivity index (χ0v) is 12.6. The first-order valence-electron chi connectivity index (χ1n) is 7.80. The molecule has 3 rings (SSSR count). The summed E-state index contributed by atoms with van der Waals surface area (Å²) >= 11 is 0. The molecular weight excluding hydrogens is 272 g/mol. The van der Waals surface area contributed by atoms with Crippen LogP contribution in [0.4, 0.5) is 11.4 Å². The summed E-state index contributed by atoms with van der Waals surface area (Å²) in [5.41, 5.74) is 4.01. The van der Waals surface area contributed by atoms with Gasteiger partial charge in [-0.05, 0) is 43.0 Å². The van der Waals surface area contributed by atoms with Crippen LogP contribution in [-0.4, -0.2) is 18.1 Å². The average Bonchev–Trinajstić information content (AvgIpc) is 2.61. The van der Waals surface area contributed by atoms with Crippen LogP contribution in [0.3, 0.4) is 0 Å².